The number of benzene rings is 1. The van der Waals surface area contributed by atoms with Crippen LogP contribution in [0.25, 0.3) is 0 Å². The van der Waals surface area contributed by atoms with E-state index >= 15 is 0 Å². The fourth-order valence-corrected chi connectivity index (χ4v) is 1.75. The van der Waals surface area contributed by atoms with Gasteiger partial charge in [0.25, 0.3) is 0 Å². The van der Waals surface area contributed by atoms with E-state index < -0.39 is 0 Å². The van der Waals surface area contributed by atoms with Gasteiger partial charge in [0.1, 0.15) is 0 Å². The third-order valence-electron chi connectivity index (χ3n) is 1.52. The molecule has 0 bridgehead atoms. The molecule has 68 valence electrons. The summed E-state index contributed by atoms with van der Waals surface area (Å²) in [7, 11) is 0. The second-order valence-corrected chi connectivity index (χ2v) is 3.71. The van der Waals surface area contributed by atoms with Crippen LogP contribution in [0.15, 0.2) is 35.2 Å². The van der Waals surface area contributed by atoms with Crippen molar-refractivity contribution in [3.05, 3.63) is 30.3 Å². The first kappa shape index (κ1) is 10.2. The Bertz CT molecular complexity index is 263. The van der Waals surface area contributed by atoms with Crippen LogP contribution < -0.4 is 5.32 Å². The van der Waals surface area contributed by atoms with E-state index in [0.29, 0.717) is 6.54 Å². The van der Waals surface area contributed by atoms with Gasteiger partial charge >= 0.3 is 0 Å². The van der Waals surface area contributed by atoms with Crippen LogP contribution in [0.4, 0.5) is 0 Å². The van der Waals surface area contributed by atoms with Gasteiger partial charge in [-0.15, -0.1) is 18.2 Å². The van der Waals surface area contributed by atoms with Crippen LogP contribution in [-0.2, 0) is 0 Å². The van der Waals surface area contributed by atoms with Crippen LogP contribution in [0.5, 0.6) is 0 Å². The van der Waals surface area contributed by atoms with Crippen molar-refractivity contribution in [3.63, 3.8) is 0 Å². The summed E-state index contributed by atoms with van der Waals surface area (Å²) in [4.78, 5) is 1.31. The van der Waals surface area contributed by atoms with Crippen LogP contribution in [0.1, 0.15) is 0 Å². The number of hydrogen-bond donors (Lipinski definition) is 1. The first-order valence-electron chi connectivity index (χ1n) is 4.25. The Balaban J connectivity index is 2.11. The molecule has 1 rings (SSSR count). The third kappa shape index (κ3) is 4.62. The van der Waals surface area contributed by atoms with Gasteiger partial charge in [-0.1, -0.05) is 24.1 Å². The molecule has 0 atom stereocenters. The molecular weight excluding hydrogens is 178 g/mol. The largest absolute Gasteiger partial charge is 0.305 e. The molecule has 13 heavy (non-hydrogen) atoms. The molecule has 0 radical (unpaired) electrons. The van der Waals surface area contributed by atoms with Gasteiger partial charge in [0.15, 0.2) is 0 Å². The predicted octanol–water partition coefficient (Wildman–Crippen LogP) is 2.00. The molecule has 0 unspecified atom stereocenters. The highest BCUT2D eigenvalue weighted by Crippen LogP contribution is 2.15. The van der Waals surface area contributed by atoms with Crippen molar-refractivity contribution < 1.29 is 0 Å². The number of hydrogen-bond acceptors (Lipinski definition) is 2. The highest BCUT2D eigenvalue weighted by molar-refractivity contribution is 7.99. The summed E-state index contributed by atoms with van der Waals surface area (Å²) in [5.74, 6) is 3.61. The minimum absolute atomic E-state index is 0.662. The van der Waals surface area contributed by atoms with Gasteiger partial charge in [-0.05, 0) is 12.1 Å². The maximum atomic E-state index is 5.10. The first-order valence-corrected chi connectivity index (χ1v) is 5.24. The van der Waals surface area contributed by atoms with Gasteiger partial charge in [-0.3, -0.25) is 0 Å². The Hall–Kier alpha value is -0.910. The Morgan fingerprint density at radius 3 is 2.77 bits per heavy atom. The molecule has 0 saturated heterocycles. The van der Waals surface area contributed by atoms with Crippen molar-refractivity contribution in [1.82, 2.24) is 5.32 Å². The predicted molar refractivity (Wildman–Crippen MR) is 58.9 cm³/mol. The van der Waals surface area contributed by atoms with E-state index in [0.717, 1.165) is 12.3 Å². The molecule has 0 aliphatic rings. The quantitative estimate of drug-likeness (QED) is 0.434. The molecule has 0 spiro atoms. The van der Waals surface area contributed by atoms with Gasteiger partial charge in [0, 0.05) is 17.2 Å². The summed E-state index contributed by atoms with van der Waals surface area (Å²) >= 11 is 1.84. The fraction of sp³-hybridized carbons (Fsp3) is 0.273. The summed E-state index contributed by atoms with van der Waals surface area (Å²) in [6, 6.07) is 10.4. The van der Waals surface area contributed by atoms with E-state index in [1.807, 2.05) is 17.8 Å². The van der Waals surface area contributed by atoms with Gasteiger partial charge in [0.2, 0.25) is 0 Å². The summed E-state index contributed by atoms with van der Waals surface area (Å²) < 4.78 is 0. The zero-order valence-corrected chi connectivity index (χ0v) is 8.31. The van der Waals surface area contributed by atoms with Gasteiger partial charge in [-0.25, -0.2) is 0 Å². The lowest BCUT2D eigenvalue weighted by Crippen LogP contribution is -2.16. The van der Waals surface area contributed by atoms with Crippen molar-refractivity contribution in [2.75, 3.05) is 18.8 Å². The molecule has 1 nitrogen and oxygen atoms in total. The summed E-state index contributed by atoms with van der Waals surface area (Å²) in [6.45, 7) is 1.62. The minimum atomic E-state index is 0.662. The Labute approximate surface area is 83.9 Å². The van der Waals surface area contributed by atoms with Crippen molar-refractivity contribution in [3.8, 4) is 12.3 Å². The molecule has 2 heteroatoms. The number of thioether (sulfide) groups is 1. The number of terminal acetylenes is 1. The van der Waals surface area contributed by atoms with Crippen LogP contribution in [-0.4, -0.2) is 18.8 Å². The molecule has 0 heterocycles. The van der Waals surface area contributed by atoms with Crippen molar-refractivity contribution in [2.24, 2.45) is 0 Å². The highest BCUT2D eigenvalue weighted by Gasteiger charge is 1.90. The van der Waals surface area contributed by atoms with E-state index in [1.54, 1.807) is 0 Å². The maximum absolute atomic E-state index is 5.10. The van der Waals surface area contributed by atoms with E-state index in [1.165, 1.54) is 4.90 Å². The molecule has 0 aliphatic heterocycles. The fourth-order valence-electron chi connectivity index (χ4n) is 0.918. The van der Waals surface area contributed by atoms with Crippen molar-refractivity contribution in [1.29, 1.82) is 0 Å². The molecule has 0 fully saturated rings. The lowest BCUT2D eigenvalue weighted by Gasteiger charge is -2.00. The summed E-state index contributed by atoms with van der Waals surface area (Å²) in [5.41, 5.74) is 0. The maximum Gasteiger partial charge on any atom is 0.0574 e. The van der Waals surface area contributed by atoms with Gasteiger partial charge < -0.3 is 5.32 Å². The molecule has 1 aromatic carbocycles. The van der Waals surface area contributed by atoms with E-state index in [2.05, 4.69) is 35.5 Å². The monoisotopic (exact) mass is 191 g/mol. The smallest absolute Gasteiger partial charge is 0.0574 e. The summed E-state index contributed by atoms with van der Waals surface area (Å²) in [5, 5.41) is 3.15. The van der Waals surface area contributed by atoms with E-state index in [9.17, 15) is 0 Å². The number of rotatable bonds is 5. The van der Waals surface area contributed by atoms with E-state index in [4.69, 9.17) is 6.42 Å². The highest BCUT2D eigenvalue weighted by atomic mass is 32.2. The SMILES string of the molecule is C#CCNCCSc1ccccc1. The van der Waals surface area contributed by atoms with Gasteiger partial charge in [-0.2, -0.15) is 0 Å². The Kier molecular flexibility index (Phi) is 5.16. The molecule has 1 N–H and O–H groups in total. The average Bonchev–Trinajstić information content (AvgIpc) is 2.19. The topological polar surface area (TPSA) is 12.0 Å². The molecule has 0 aromatic heterocycles. The Morgan fingerprint density at radius 2 is 2.08 bits per heavy atom. The van der Waals surface area contributed by atoms with Crippen LogP contribution in [0.2, 0.25) is 0 Å². The van der Waals surface area contributed by atoms with Crippen molar-refractivity contribution >= 4 is 11.8 Å². The minimum Gasteiger partial charge on any atom is -0.305 e. The van der Waals surface area contributed by atoms with Crippen LogP contribution >= 0.6 is 11.8 Å². The lowest BCUT2D eigenvalue weighted by molar-refractivity contribution is 0.818. The normalized spacial score (nSPS) is 9.46. The molecule has 1 aromatic rings. The molecular formula is C11H13NS. The first-order chi connectivity index (χ1) is 6.43. The molecule has 0 aliphatic carbocycles. The zero-order valence-electron chi connectivity index (χ0n) is 7.49. The standard InChI is InChI=1S/C11H13NS/c1-2-8-12-9-10-13-11-6-4-3-5-7-11/h1,3-7,12H,8-10H2. The molecule has 0 amide bonds. The lowest BCUT2D eigenvalue weighted by atomic mass is 10.4. The average molecular weight is 191 g/mol. The Morgan fingerprint density at radius 1 is 1.31 bits per heavy atom. The molecule has 0 saturated carbocycles. The summed E-state index contributed by atoms with van der Waals surface area (Å²) in [6.07, 6.45) is 5.10. The second-order valence-electron chi connectivity index (χ2n) is 2.54. The van der Waals surface area contributed by atoms with Crippen molar-refractivity contribution in [2.45, 2.75) is 4.90 Å². The van der Waals surface area contributed by atoms with E-state index in [-0.39, 0.29) is 0 Å². The van der Waals surface area contributed by atoms with Gasteiger partial charge in [0.05, 0.1) is 6.54 Å². The van der Waals surface area contributed by atoms with Crippen LogP contribution in [0.3, 0.4) is 0 Å². The zero-order chi connectivity index (χ0) is 9.36. The number of nitrogens with one attached hydrogen (secondary N) is 1. The third-order valence-corrected chi connectivity index (χ3v) is 2.53. The van der Waals surface area contributed by atoms with Crippen LogP contribution in [0, 0.1) is 12.3 Å². The second kappa shape index (κ2) is 6.59.